The fourth-order valence-electron chi connectivity index (χ4n) is 2.82. The second-order valence-corrected chi connectivity index (χ2v) is 6.39. The average Bonchev–Trinajstić information content (AvgIpc) is 2.69. The average molecular weight is 490 g/mol. The molecule has 7 nitrogen and oxygen atoms in total. The van der Waals surface area contributed by atoms with Crippen LogP contribution in [0.2, 0.25) is 0 Å². The molecule has 1 aromatic carbocycles. The molecule has 1 atom stereocenters. The Hall–Kier alpha value is -1.39. The van der Waals surface area contributed by atoms with Crippen LogP contribution in [0.4, 0.5) is 0 Å². The Morgan fingerprint density at radius 3 is 2.56 bits per heavy atom. The van der Waals surface area contributed by atoms with Crippen LogP contribution >= 0.6 is 24.0 Å². The van der Waals surface area contributed by atoms with Crippen molar-refractivity contribution in [1.29, 1.82) is 0 Å². The summed E-state index contributed by atoms with van der Waals surface area (Å²) in [6, 6.07) is 8.43. The van der Waals surface area contributed by atoms with Gasteiger partial charge in [0, 0.05) is 39.8 Å². The van der Waals surface area contributed by atoms with Crippen LogP contribution in [0.3, 0.4) is 0 Å². The quantitative estimate of drug-likeness (QED) is 0.262. The molecule has 27 heavy (non-hydrogen) atoms. The smallest absolute Gasteiger partial charge is 0.310 e. The number of esters is 1. The van der Waals surface area contributed by atoms with Gasteiger partial charge in [0.25, 0.3) is 0 Å². The van der Waals surface area contributed by atoms with E-state index in [4.69, 9.17) is 9.47 Å². The van der Waals surface area contributed by atoms with Gasteiger partial charge >= 0.3 is 5.97 Å². The van der Waals surface area contributed by atoms with Crippen molar-refractivity contribution in [3.05, 3.63) is 35.4 Å². The number of methoxy groups -OCH3 is 1. The number of carbonyl (C=O) groups excluding carboxylic acids is 1. The van der Waals surface area contributed by atoms with E-state index in [0.29, 0.717) is 19.0 Å². The van der Waals surface area contributed by atoms with Gasteiger partial charge in [-0.05, 0) is 11.1 Å². The second kappa shape index (κ2) is 12.9. The van der Waals surface area contributed by atoms with Crippen LogP contribution in [0.15, 0.2) is 29.3 Å². The van der Waals surface area contributed by atoms with Crippen molar-refractivity contribution < 1.29 is 14.3 Å². The first-order valence-corrected chi connectivity index (χ1v) is 9.03. The molecule has 8 heteroatoms. The lowest BCUT2D eigenvalue weighted by Gasteiger charge is -2.27. The zero-order valence-electron chi connectivity index (χ0n) is 16.4. The molecule has 0 saturated carbocycles. The third-order valence-corrected chi connectivity index (χ3v) is 4.47. The van der Waals surface area contributed by atoms with E-state index in [1.54, 1.807) is 7.05 Å². The van der Waals surface area contributed by atoms with E-state index in [-0.39, 0.29) is 35.9 Å². The highest BCUT2D eigenvalue weighted by atomic mass is 127. The van der Waals surface area contributed by atoms with Gasteiger partial charge in [-0.2, -0.15) is 0 Å². The first-order chi connectivity index (χ1) is 12.6. The third-order valence-electron chi connectivity index (χ3n) is 4.47. The molecule has 2 N–H and O–H groups in total. The highest BCUT2D eigenvalue weighted by Gasteiger charge is 2.14. The molecular formula is C19H31IN4O3. The minimum Gasteiger partial charge on any atom is -0.469 e. The van der Waals surface area contributed by atoms with Gasteiger partial charge in [0.15, 0.2) is 5.96 Å². The monoisotopic (exact) mass is 490 g/mol. The molecule has 0 spiro atoms. The lowest BCUT2D eigenvalue weighted by Crippen LogP contribution is -2.40. The molecule has 152 valence electrons. The Bertz CT molecular complexity index is 606. The van der Waals surface area contributed by atoms with Gasteiger partial charge in [-0.3, -0.25) is 14.7 Å². The van der Waals surface area contributed by atoms with Crippen molar-refractivity contribution in [1.82, 2.24) is 15.5 Å². The number of ether oxygens (including phenoxy) is 2. The van der Waals surface area contributed by atoms with Crippen LogP contribution in [-0.2, 0) is 27.4 Å². The minimum atomic E-state index is -0.233. The summed E-state index contributed by atoms with van der Waals surface area (Å²) in [5.41, 5.74) is 2.54. The van der Waals surface area contributed by atoms with Crippen LogP contribution in [0.5, 0.6) is 0 Å². The Kier molecular flexibility index (Phi) is 11.3. The molecule has 1 heterocycles. The molecule has 1 aromatic rings. The summed E-state index contributed by atoms with van der Waals surface area (Å²) in [4.78, 5) is 18.1. The number of halogens is 1. The molecule has 1 aliphatic heterocycles. The lowest BCUT2D eigenvalue weighted by molar-refractivity contribution is -0.144. The number of rotatable bonds is 7. The Morgan fingerprint density at radius 1 is 1.26 bits per heavy atom. The number of guanidine groups is 1. The Labute approximate surface area is 178 Å². The van der Waals surface area contributed by atoms with Gasteiger partial charge in [-0.15, -0.1) is 24.0 Å². The van der Waals surface area contributed by atoms with Crippen molar-refractivity contribution in [2.75, 3.05) is 47.0 Å². The summed E-state index contributed by atoms with van der Waals surface area (Å²) < 4.78 is 10.2. The summed E-state index contributed by atoms with van der Waals surface area (Å²) in [6.07, 6.45) is 0. The van der Waals surface area contributed by atoms with Crippen molar-refractivity contribution in [3.63, 3.8) is 0 Å². The second-order valence-electron chi connectivity index (χ2n) is 6.39. The summed E-state index contributed by atoms with van der Waals surface area (Å²) >= 11 is 0. The van der Waals surface area contributed by atoms with Crippen molar-refractivity contribution >= 4 is 35.9 Å². The van der Waals surface area contributed by atoms with Gasteiger partial charge < -0.3 is 20.1 Å². The van der Waals surface area contributed by atoms with Crippen LogP contribution in [0.1, 0.15) is 18.1 Å². The molecule has 0 amide bonds. The highest BCUT2D eigenvalue weighted by Crippen LogP contribution is 2.13. The van der Waals surface area contributed by atoms with E-state index in [1.165, 1.54) is 18.2 Å². The van der Waals surface area contributed by atoms with Gasteiger partial charge in [-0.25, -0.2) is 0 Å². The van der Waals surface area contributed by atoms with Crippen LogP contribution in [0.25, 0.3) is 0 Å². The number of carbonyl (C=O) groups is 1. The molecule has 0 radical (unpaired) electrons. The fourth-order valence-corrected chi connectivity index (χ4v) is 2.82. The number of nitrogens with one attached hydrogen (secondary N) is 2. The third kappa shape index (κ3) is 8.02. The minimum absolute atomic E-state index is 0. The Morgan fingerprint density at radius 2 is 1.93 bits per heavy atom. The molecular weight excluding hydrogens is 459 g/mol. The first kappa shape index (κ1) is 23.6. The molecule has 1 saturated heterocycles. The molecule has 0 aromatic heterocycles. The van der Waals surface area contributed by atoms with Crippen LogP contribution < -0.4 is 10.6 Å². The largest absolute Gasteiger partial charge is 0.469 e. The number of nitrogens with zero attached hydrogens (tertiary/aromatic N) is 2. The first-order valence-electron chi connectivity index (χ1n) is 9.03. The number of hydrogen-bond donors (Lipinski definition) is 2. The normalized spacial score (nSPS) is 16.2. The zero-order chi connectivity index (χ0) is 18.8. The number of benzene rings is 1. The molecule has 2 rings (SSSR count). The van der Waals surface area contributed by atoms with Gasteiger partial charge in [-0.1, -0.05) is 31.2 Å². The van der Waals surface area contributed by atoms with Crippen LogP contribution in [0, 0.1) is 5.92 Å². The summed E-state index contributed by atoms with van der Waals surface area (Å²) in [5, 5.41) is 6.49. The number of morpholine rings is 1. The van der Waals surface area contributed by atoms with E-state index in [2.05, 4.69) is 44.8 Å². The summed E-state index contributed by atoms with van der Waals surface area (Å²) in [7, 11) is 3.12. The van der Waals surface area contributed by atoms with Crippen LogP contribution in [-0.4, -0.2) is 63.8 Å². The zero-order valence-corrected chi connectivity index (χ0v) is 18.7. The van der Waals surface area contributed by atoms with Gasteiger partial charge in [0.1, 0.15) is 0 Å². The van der Waals surface area contributed by atoms with E-state index >= 15 is 0 Å². The maximum Gasteiger partial charge on any atom is 0.310 e. The molecule has 1 fully saturated rings. The maximum atomic E-state index is 11.5. The molecule has 0 aliphatic carbocycles. The highest BCUT2D eigenvalue weighted by molar-refractivity contribution is 14.0. The van der Waals surface area contributed by atoms with E-state index < -0.39 is 0 Å². The predicted molar refractivity (Wildman–Crippen MR) is 117 cm³/mol. The van der Waals surface area contributed by atoms with Gasteiger partial charge in [0.2, 0.25) is 0 Å². The van der Waals surface area contributed by atoms with E-state index in [9.17, 15) is 4.79 Å². The fraction of sp³-hybridized carbons (Fsp3) is 0.579. The maximum absolute atomic E-state index is 11.5. The van der Waals surface area contributed by atoms with Crippen molar-refractivity contribution in [2.45, 2.75) is 20.0 Å². The van der Waals surface area contributed by atoms with Gasteiger partial charge in [0.05, 0.1) is 26.2 Å². The van der Waals surface area contributed by atoms with E-state index in [0.717, 1.165) is 32.8 Å². The standard InChI is InChI=1S/C19H30N4O3.HI/c1-15(18(24)25-3)12-21-19(20-2)22-13-16-6-4-5-7-17(16)14-23-8-10-26-11-9-23;/h4-7,15H,8-14H2,1-3H3,(H2,20,21,22);1H. The van der Waals surface area contributed by atoms with E-state index in [1.807, 2.05) is 6.92 Å². The van der Waals surface area contributed by atoms with Crippen molar-refractivity contribution in [2.24, 2.45) is 10.9 Å². The number of aliphatic imine (C=N–C) groups is 1. The summed E-state index contributed by atoms with van der Waals surface area (Å²) in [5.74, 6) is 0.206. The topological polar surface area (TPSA) is 75.2 Å². The Balaban J connectivity index is 0.00000364. The lowest BCUT2D eigenvalue weighted by atomic mass is 10.1. The van der Waals surface area contributed by atoms with Crippen molar-refractivity contribution in [3.8, 4) is 0 Å². The predicted octanol–water partition coefficient (Wildman–Crippen LogP) is 1.61. The number of hydrogen-bond acceptors (Lipinski definition) is 5. The molecule has 0 bridgehead atoms. The summed E-state index contributed by atoms with van der Waals surface area (Å²) in [6.45, 7) is 7.43. The molecule has 1 aliphatic rings. The SMILES string of the molecule is CN=C(NCc1ccccc1CN1CCOCC1)NCC(C)C(=O)OC.I. The molecule has 1 unspecified atom stereocenters.